The summed E-state index contributed by atoms with van der Waals surface area (Å²) in [5.74, 6) is 0. The summed E-state index contributed by atoms with van der Waals surface area (Å²) in [4.78, 5) is 2.00. The number of rotatable bonds is 3. The van der Waals surface area contributed by atoms with Crippen LogP contribution in [-0.2, 0) is 0 Å². The third-order valence-corrected chi connectivity index (χ3v) is 1.12. The predicted octanol–water partition coefficient (Wildman–Crippen LogP) is 1.29. The Balaban J connectivity index is 2.98. The van der Waals surface area contributed by atoms with Gasteiger partial charge in [0.25, 0.3) is 0 Å². The van der Waals surface area contributed by atoms with E-state index in [9.17, 15) is 0 Å². The Morgan fingerprint density at radius 3 is 2.43 bits per heavy atom. The lowest BCUT2D eigenvalue weighted by atomic mass is 10.5. The van der Waals surface area contributed by atoms with Crippen LogP contribution in [0.25, 0.3) is 0 Å². The van der Waals surface area contributed by atoms with Crippen molar-refractivity contribution in [3.63, 3.8) is 0 Å². The zero-order valence-corrected chi connectivity index (χ0v) is 5.66. The quantitative estimate of drug-likeness (QED) is 0.512. The van der Waals surface area contributed by atoms with Crippen LogP contribution in [0.5, 0.6) is 0 Å². The van der Waals surface area contributed by atoms with Gasteiger partial charge in [0.05, 0.1) is 5.49 Å². The highest BCUT2D eigenvalue weighted by Crippen LogP contribution is 1.79. The lowest BCUT2D eigenvalue weighted by Gasteiger charge is -2.07. The van der Waals surface area contributed by atoms with Crippen molar-refractivity contribution in [1.29, 1.82) is 0 Å². The van der Waals surface area contributed by atoms with Gasteiger partial charge >= 0.3 is 0 Å². The van der Waals surface area contributed by atoms with Gasteiger partial charge < -0.3 is 4.90 Å². The standard InChI is InChI=1S/C5H11NS/c1-3-4-6(2)5-7/h5H,3-4H2,1-2H3. The van der Waals surface area contributed by atoms with Crippen LogP contribution in [0, 0.1) is 0 Å². The van der Waals surface area contributed by atoms with Gasteiger partial charge in [-0.05, 0) is 6.42 Å². The molecule has 0 aromatic carbocycles. The minimum Gasteiger partial charge on any atom is -0.372 e. The van der Waals surface area contributed by atoms with Gasteiger partial charge in [0, 0.05) is 13.6 Å². The van der Waals surface area contributed by atoms with E-state index in [-0.39, 0.29) is 0 Å². The first-order chi connectivity index (χ1) is 3.31. The van der Waals surface area contributed by atoms with Crippen molar-refractivity contribution < 1.29 is 0 Å². The number of hydrogen-bond acceptors (Lipinski definition) is 1. The van der Waals surface area contributed by atoms with Gasteiger partial charge in [0.1, 0.15) is 0 Å². The van der Waals surface area contributed by atoms with E-state index in [1.165, 1.54) is 6.42 Å². The van der Waals surface area contributed by atoms with Gasteiger partial charge in [-0.25, -0.2) is 0 Å². The molecule has 42 valence electrons. The molecule has 0 rings (SSSR count). The largest absolute Gasteiger partial charge is 0.372 e. The molecule has 2 heteroatoms. The molecule has 0 radical (unpaired) electrons. The van der Waals surface area contributed by atoms with Crippen LogP contribution in [0.3, 0.4) is 0 Å². The fourth-order valence-corrected chi connectivity index (χ4v) is 0.511. The first-order valence-electron chi connectivity index (χ1n) is 2.46. The zero-order valence-electron chi connectivity index (χ0n) is 4.85. The molecule has 0 aromatic heterocycles. The van der Waals surface area contributed by atoms with E-state index < -0.39 is 0 Å². The fourth-order valence-electron chi connectivity index (χ4n) is 0.405. The molecule has 0 amide bonds. The van der Waals surface area contributed by atoms with Gasteiger partial charge in [-0.15, -0.1) is 0 Å². The Kier molecular flexibility index (Phi) is 4.00. The van der Waals surface area contributed by atoms with Crippen LogP contribution in [0.2, 0.25) is 0 Å². The summed E-state index contributed by atoms with van der Waals surface area (Å²) >= 11 is 4.64. The maximum absolute atomic E-state index is 4.64. The molecule has 0 bridgehead atoms. The van der Waals surface area contributed by atoms with E-state index in [0.717, 1.165) is 6.54 Å². The summed E-state index contributed by atoms with van der Waals surface area (Å²) in [5, 5.41) is 0. The lowest BCUT2D eigenvalue weighted by Crippen LogP contribution is -2.14. The van der Waals surface area contributed by atoms with Gasteiger partial charge in [0.15, 0.2) is 0 Å². The highest BCUT2D eigenvalue weighted by Gasteiger charge is 1.82. The fraction of sp³-hybridized carbons (Fsp3) is 0.800. The molecule has 0 aliphatic heterocycles. The van der Waals surface area contributed by atoms with E-state index in [1.807, 2.05) is 11.9 Å². The van der Waals surface area contributed by atoms with Crippen LogP contribution in [0.4, 0.5) is 0 Å². The first kappa shape index (κ1) is 6.89. The third kappa shape index (κ3) is 3.73. The number of nitrogens with zero attached hydrogens (tertiary/aromatic N) is 1. The van der Waals surface area contributed by atoms with Crippen LogP contribution >= 0.6 is 12.2 Å². The maximum atomic E-state index is 4.64. The van der Waals surface area contributed by atoms with E-state index in [0.29, 0.717) is 0 Å². The molecular formula is C5H11NS. The van der Waals surface area contributed by atoms with Crippen LogP contribution in [0.1, 0.15) is 13.3 Å². The molecule has 0 aliphatic rings. The van der Waals surface area contributed by atoms with Crippen molar-refractivity contribution in [3.05, 3.63) is 0 Å². The zero-order chi connectivity index (χ0) is 5.70. The van der Waals surface area contributed by atoms with Gasteiger partial charge in [0.2, 0.25) is 0 Å². The first-order valence-corrected chi connectivity index (χ1v) is 2.94. The third-order valence-electron chi connectivity index (χ3n) is 0.756. The minimum atomic E-state index is 1.07. The van der Waals surface area contributed by atoms with E-state index in [2.05, 4.69) is 19.1 Å². The number of hydrogen-bond donors (Lipinski definition) is 0. The summed E-state index contributed by atoms with van der Waals surface area (Å²) < 4.78 is 0. The smallest absolute Gasteiger partial charge is 0.0638 e. The summed E-state index contributed by atoms with van der Waals surface area (Å²) in [5.41, 5.74) is 1.67. The van der Waals surface area contributed by atoms with Crippen molar-refractivity contribution in [3.8, 4) is 0 Å². The van der Waals surface area contributed by atoms with Crippen molar-refractivity contribution in [2.45, 2.75) is 13.3 Å². The molecule has 0 saturated heterocycles. The van der Waals surface area contributed by atoms with Gasteiger partial charge in [-0.1, -0.05) is 19.1 Å². The topological polar surface area (TPSA) is 3.24 Å². The van der Waals surface area contributed by atoms with Crippen molar-refractivity contribution >= 4 is 17.7 Å². The molecule has 0 heterocycles. The van der Waals surface area contributed by atoms with Crippen molar-refractivity contribution in [1.82, 2.24) is 4.90 Å². The molecule has 0 aromatic rings. The van der Waals surface area contributed by atoms with Crippen molar-refractivity contribution in [2.24, 2.45) is 0 Å². The molecule has 0 aliphatic carbocycles. The van der Waals surface area contributed by atoms with E-state index in [4.69, 9.17) is 0 Å². The average Bonchev–Trinajstić information content (AvgIpc) is 1.68. The molecular weight excluding hydrogens is 106 g/mol. The van der Waals surface area contributed by atoms with Crippen LogP contribution < -0.4 is 0 Å². The van der Waals surface area contributed by atoms with Crippen molar-refractivity contribution in [2.75, 3.05) is 13.6 Å². The molecule has 1 nitrogen and oxygen atoms in total. The molecule has 0 atom stereocenters. The highest BCUT2D eigenvalue weighted by atomic mass is 32.1. The summed E-state index contributed by atoms with van der Waals surface area (Å²) in [6.07, 6.45) is 1.17. The SMILES string of the molecule is CCCN(C)C=S. The van der Waals surface area contributed by atoms with Gasteiger partial charge in [-0.3, -0.25) is 0 Å². The summed E-state index contributed by atoms with van der Waals surface area (Å²) in [6.45, 7) is 3.21. The monoisotopic (exact) mass is 117 g/mol. The molecule has 0 fully saturated rings. The minimum absolute atomic E-state index is 1.07. The molecule has 7 heavy (non-hydrogen) atoms. The van der Waals surface area contributed by atoms with E-state index >= 15 is 0 Å². The second kappa shape index (κ2) is 4.06. The van der Waals surface area contributed by atoms with E-state index in [1.54, 1.807) is 5.49 Å². The second-order valence-electron chi connectivity index (χ2n) is 1.59. The Bertz CT molecular complexity index is 54.0. The summed E-state index contributed by atoms with van der Waals surface area (Å²) in [6, 6.07) is 0. The Labute approximate surface area is 50.3 Å². The molecule has 0 saturated carbocycles. The van der Waals surface area contributed by atoms with Gasteiger partial charge in [-0.2, -0.15) is 0 Å². The Morgan fingerprint density at radius 1 is 1.71 bits per heavy atom. The predicted molar refractivity (Wildman–Crippen MR) is 36.6 cm³/mol. The van der Waals surface area contributed by atoms with Crippen LogP contribution in [-0.4, -0.2) is 24.0 Å². The second-order valence-corrected chi connectivity index (χ2v) is 1.80. The molecule has 0 N–H and O–H groups in total. The summed E-state index contributed by atoms with van der Waals surface area (Å²) in [7, 11) is 1.98. The molecule has 0 spiro atoms. The highest BCUT2D eigenvalue weighted by molar-refractivity contribution is 7.78. The molecule has 0 unspecified atom stereocenters. The lowest BCUT2D eigenvalue weighted by molar-refractivity contribution is 0.522. The Hall–Kier alpha value is -0.110. The van der Waals surface area contributed by atoms with Crippen LogP contribution in [0.15, 0.2) is 0 Å². The number of thiocarbonyl (C=S) groups is 1. The normalized spacial score (nSPS) is 8.29. The maximum Gasteiger partial charge on any atom is 0.0638 e. The Morgan fingerprint density at radius 2 is 2.29 bits per heavy atom. The average molecular weight is 117 g/mol.